The third-order valence-corrected chi connectivity index (χ3v) is 0.556. The summed E-state index contributed by atoms with van der Waals surface area (Å²) in [4.78, 5) is 0. The molecule has 0 saturated carbocycles. The maximum Gasteiger partial charge on any atom is 0.117 e. The summed E-state index contributed by atoms with van der Waals surface area (Å²) in [6.45, 7) is 0.274. The molecule has 6 heavy (non-hydrogen) atoms. The van der Waals surface area contributed by atoms with Gasteiger partial charge in [0.25, 0.3) is 0 Å². The maximum absolute atomic E-state index is 8.43. The second kappa shape index (κ2) is 3.08. The summed E-state index contributed by atoms with van der Waals surface area (Å²) in [5.41, 5.74) is 4.97. The predicted octanol–water partition coefficient (Wildman–Crippen LogP) is -1.52. The van der Waals surface area contributed by atoms with E-state index in [-0.39, 0.29) is 6.54 Å². The Morgan fingerprint density at radius 1 is 2.00 bits per heavy atom. The summed E-state index contributed by atoms with van der Waals surface area (Å²) in [5.74, 6) is 0. The molecular formula is C3H10N2O. The Morgan fingerprint density at radius 3 is 2.50 bits per heavy atom. The molecule has 0 radical (unpaired) electrons. The first-order chi connectivity index (χ1) is 2.81. The fourth-order valence-electron chi connectivity index (χ4n) is 0.118. The second-order valence-electron chi connectivity index (χ2n) is 1.04. The van der Waals surface area contributed by atoms with E-state index in [1.807, 2.05) is 0 Å². The Kier molecular flexibility index (Phi) is 3.02. The Hall–Kier alpha value is -0.120. The molecule has 0 aromatic heterocycles. The molecule has 38 valence electrons. The third kappa shape index (κ3) is 2.14. The zero-order chi connectivity index (χ0) is 4.99. The average Bonchev–Trinajstić information content (AvgIpc) is 1.65. The van der Waals surface area contributed by atoms with E-state index in [4.69, 9.17) is 10.8 Å². The van der Waals surface area contributed by atoms with Crippen LogP contribution in [0.4, 0.5) is 0 Å². The van der Waals surface area contributed by atoms with E-state index in [0.717, 1.165) is 0 Å². The van der Waals surface area contributed by atoms with Crippen LogP contribution in [-0.4, -0.2) is 24.9 Å². The molecule has 0 aromatic rings. The molecule has 0 saturated heterocycles. The van der Waals surface area contributed by atoms with Crippen LogP contribution in [0, 0.1) is 0 Å². The Morgan fingerprint density at radius 2 is 2.50 bits per heavy atom. The molecule has 4 N–H and O–H groups in total. The highest BCUT2D eigenvalue weighted by molar-refractivity contribution is 4.43. The summed E-state index contributed by atoms with van der Waals surface area (Å²) < 4.78 is 0. The number of hydrogen-bond donors (Lipinski definition) is 3. The van der Waals surface area contributed by atoms with Crippen LogP contribution in [0.1, 0.15) is 0 Å². The highest BCUT2D eigenvalue weighted by atomic mass is 16.3. The van der Waals surface area contributed by atoms with Gasteiger partial charge in [0.1, 0.15) is 6.23 Å². The summed E-state index contributed by atoms with van der Waals surface area (Å²) in [6, 6.07) is 0. The van der Waals surface area contributed by atoms with Gasteiger partial charge in [-0.3, -0.25) is 5.32 Å². The van der Waals surface area contributed by atoms with Crippen LogP contribution >= 0.6 is 0 Å². The molecule has 0 unspecified atom stereocenters. The van der Waals surface area contributed by atoms with Crippen LogP contribution < -0.4 is 11.1 Å². The number of aliphatic hydroxyl groups excluding tert-OH is 1. The number of aliphatic hydroxyl groups is 1. The normalized spacial score (nSPS) is 14.5. The van der Waals surface area contributed by atoms with Crippen molar-refractivity contribution in [3.63, 3.8) is 0 Å². The van der Waals surface area contributed by atoms with E-state index in [2.05, 4.69) is 5.32 Å². The van der Waals surface area contributed by atoms with E-state index in [0.29, 0.717) is 0 Å². The number of rotatable bonds is 2. The first-order valence-corrected chi connectivity index (χ1v) is 1.86. The van der Waals surface area contributed by atoms with E-state index in [1.54, 1.807) is 7.05 Å². The van der Waals surface area contributed by atoms with Gasteiger partial charge in [-0.1, -0.05) is 0 Å². The van der Waals surface area contributed by atoms with Crippen molar-refractivity contribution in [3.8, 4) is 0 Å². The molecule has 0 aliphatic heterocycles. The summed E-state index contributed by atoms with van der Waals surface area (Å²) >= 11 is 0. The minimum Gasteiger partial charge on any atom is -0.377 e. The van der Waals surface area contributed by atoms with Crippen molar-refractivity contribution in [1.29, 1.82) is 0 Å². The zero-order valence-corrected chi connectivity index (χ0v) is 3.81. The van der Waals surface area contributed by atoms with E-state index in [9.17, 15) is 0 Å². The van der Waals surface area contributed by atoms with Crippen molar-refractivity contribution >= 4 is 0 Å². The molecule has 0 aliphatic rings. The monoisotopic (exact) mass is 90.1 g/mol. The van der Waals surface area contributed by atoms with Crippen molar-refractivity contribution in [1.82, 2.24) is 5.32 Å². The lowest BCUT2D eigenvalue weighted by Crippen LogP contribution is -2.32. The van der Waals surface area contributed by atoms with Gasteiger partial charge in [-0.15, -0.1) is 0 Å². The molecule has 0 bridgehead atoms. The summed E-state index contributed by atoms with van der Waals surface area (Å²) in [6.07, 6.45) is -0.537. The summed E-state index contributed by atoms with van der Waals surface area (Å²) in [5, 5.41) is 11.0. The van der Waals surface area contributed by atoms with Crippen LogP contribution in [0.3, 0.4) is 0 Å². The van der Waals surface area contributed by atoms with Crippen molar-refractivity contribution in [2.24, 2.45) is 5.73 Å². The second-order valence-corrected chi connectivity index (χ2v) is 1.04. The third-order valence-electron chi connectivity index (χ3n) is 0.556. The van der Waals surface area contributed by atoms with Crippen LogP contribution in [0.5, 0.6) is 0 Å². The number of nitrogens with two attached hydrogens (primary N) is 1. The molecule has 0 heterocycles. The molecule has 3 nitrogen and oxygen atoms in total. The smallest absolute Gasteiger partial charge is 0.117 e. The van der Waals surface area contributed by atoms with Crippen molar-refractivity contribution in [2.45, 2.75) is 6.23 Å². The lowest BCUT2D eigenvalue weighted by atomic mass is 10.6. The number of nitrogens with one attached hydrogen (secondary N) is 1. The highest BCUT2D eigenvalue weighted by Gasteiger charge is 1.88. The minimum atomic E-state index is -0.537. The van der Waals surface area contributed by atoms with Crippen LogP contribution in [-0.2, 0) is 0 Å². The van der Waals surface area contributed by atoms with Crippen molar-refractivity contribution in [3.05, 3.63) is 0 Å². The average molecular weight is 90.1 g/mol. The van der Waals surface area contributed by atoms with Crippen LogP contribution in [0.2, 0.25) is 0 Å². The zero-order valence-electron chi connectivity index (χ0n) is 3.81. The van der Waals surface area contributed by atoms with Gasteiger partial charge in [-0.25, -0.2) is 0 Å². The SMILES string of the molecule is CN[C@H](O)CN. The molecule has 0 spiro atoms. The molecule has 1 atom stereocenters. The van der Waals surface area contributed by atoms with Gasteiger partial charge < -0.3 is 10.8 Å². The molecule has 0 amide bonds. The fraction of sp³-hybridized carbons (Fsp3) is 1.00. The van der Waals surface area contributed by atoms with Gasteiger partial charge in [-0.2, -0.15) is 0 Å². The first kappa shape index (κ1) is 5.88. The van der Waals surface area contributed by atoms with Gasteiger partial charge >= 0.3 is 0 Å². The van der Waals surface area contributed by atoms with Gasteiger partial charge in [-0.05, 0) is 7.05 Å². The predicted molar refractivity (Wildman–Crippen MR) is 24.1 cm³/mol. The van der Waals surface area contributed by atoms with Gasteiger partial charge in [0.05, 0.1) is 0 Å². The van der Waals surface area contributed by atoms with Gasteiger partial charge in [0.2, 0.25) is 0 Å². The molecule has 0 aliphatic carbocycles. The molecular weight excluding hydrogens is 80.0 g/mol. The largest absolute Gasteiger partial charge is 0.377 e. The Bertz CT molecular complexity index is 28.0. The van der Waals surface area contributed by atoms with Crippen LogP contribution in [0.15, 0.2) is 0 Å². The first-order valence-electron chi connectivity index (χ1n) is 1.86. The van der Waals surface area contributed by atoms with E-state index >= 15 is 0 Å². The lowest BCUT2D eigenvalue weighted by Gasteiger charge is -2.01. The molecule has 0 aromatic carbocycles. The van der Waals surface area contributed by atoms with E-state index < -0.39 is 6.23 Å². The minimum absolute atomic E-state index is 0.274. The standard InChI is InChI=1S/C3H10N2O/c1-5-3(6)2-4/h3,5-6H,2,4H2,1H3/t3-/m1/s1. The van der Waals surface area contributed by atoms with E-state index in [1.165, 1.54) is 0 Å². The lowest BCUT2D eigenvalue weighted by molar-refractivity contribution is 0.155. The highest BCUT2D eigenvalue weighted by Crippen LogP contribution is 1.60. The summed E-state index contributed by atoms with van der Waals surface area (Å²) in [7, 11) is 1.65. The Labute approximate surface area is 37.2 Å². The van der Waals surface area contributed by atoms with Crippen molar-refractivity contribution < 1.29 is 5.11 Å². The fourth-order valence-corrected chi connectivity index (χ4v) is 0.118. The number of hydrogen-bond acceptors (Lipinski definition) is 3. The van der Waals surface area contributed by atoms with Gasteiger partial charge in [0.15, 0.2) is 0 Å². The van der Waals surface area contributed by atoms with Crippen LogP contribution in [0.25, 0.3) is 0 Å². The topological polar surface area (TPSA) is 58.3 Å². The molecule has 0 rings (SSSR count). The Balaban J connectivity index is 2.75. The maximum atomic E-state index is 8.43. The van der Waals surface area contributed by atoms with Gasteiger partial charge in [0, 0.05) is 6.54 Å². The quantitative estimate of drug-likeness (QED) is 0.361. The van der Waals surface area contributed by atoms with Crippen molar-refractivity contribution in [2.75, 3.05) is 13.6 Å². The molecule has 0 fully saturated rings. The molecule has 3 heteroatoms. The number of likely N-dealkylation sites (N-methyl/N-ethyl adjacent to an activating group) is 1.